The van der Waals surface area contributed by atoms with Gasteiger partial charge in [-0.3, -0.25) is 19.2 Å². The van der Waals surface area contributed by atoms with Crippen molar-refractivity contribution in [2.75, 3.05) is 44.2 Å². The largest absolute Gasteiger partial charge is 0.369 e. The fourth-order valence-electron chi connectivity index (χ4n) is 5.79. The first-order valence-electron chi connectivity index (χ1n) is 14.1. The number of nitrogens with one attached hydrogen (secondary N) is 2. The molecule has 10 heteroatoms. The van der Waals surface area contributed by atoms with E-state index in [0.717, 1.165) is 31.9 Å². The minimum Gasteiger partial charge on any atom is -0.369 e. The zero-order valence-corrected chi connectivity index (χ0v) is 23.9. The number of carbonyl (C=O) groups excluding carboxylic acids is 4. The predicted molar refractivity (Wildman–Crippen MR) is 150 cm³/mol. The van der Waals surface area contributed by atoms with Gasteiger partial charge in [-0.15, -0.1) is 0 Å². The van der Waals surface area contributed by atoms with E-state index in [4.69, 9.17) is 5.73 Å². The number of hydrogen-bond acceptors (Lipinski definition) is 7. The lowest BCUT2D eigenvalue weighted by Gasteiger charge is -2.32. The molecule has 4 atom stereocenters. The highest BCUT2D eigenvalue weighted by molar-refractivity contribution is 6.01. The smallest absolute Gasteiger partial charge is 0.251 e. The number of piperazine rings is 1. The van der Waals surface area contributed by atoms with Crippen LogP contribution in [0.5, 0.6) is 0 Å². The van der Waals surface area contributed by atoms with E-state index in [1.54, 1.807) is 21.9 Å². The van der Waals surface area contributed by atoms with E-state index in [1.165, 1.54) is 0 Å². The van der Waals surface area contributed by atoms with E-state index in [9.17, 15) is 19.2 Å². The molecule has 3 amide bonds. The molecule has 0 radical (unpaired) electrons. The van der Waals surface area contributed by atoms with Crippen LogP contribution in [0.15, 0.2) is 24.3 Å². The van der Waals surface area contributed by atoms with Crippen LogP contribution in [-0.2, 0) is 14.4 Å². The van der Waals surface area contributed by atoms with Crippen molar-refractivity contribution >= 4 is 29.2 Å². The van der Waals surface area contributed by atoms with Crippen molar-refractivity contribution in [3.8, 4) is 0 Å². The van der Waals surface area contributed by atoms with Gasteiger partial charge in [0, 0.05) is 44.0 Å². The molecule has 3 heterocycles. The van der Waals surface area contributed by atoms with Gasteiger partial charge in [0.05, 0.1) is 18.6 Å². The monoisotopic (exact) mass is 540 g/mol. The van der Waals surface area contributed by atoms with Crippen LogP contribution in [-0.4, -0.2) is 96.7 Å². The Morgan fingerprint density at radius 1 is 1.03 bits per heavy atom. The van der Waals surface area contributed by atoms with Crippen molar-refractivity contribution in [2.45, 2.75) is 71.6 Å². The molecule has 3 fully saturated rings. The molecule has 214 valence electrons. The average Bonchev–Trinajstić information content (AvgIpc) is 3.48. The second kappa shape index (κ2) is 11.6. The first kappa shape index (κ1) is 29.0. The van der Waals surface area contributed by atoms with Crippen molar-refractivity contribution < 1.29 is 19.2 Å². The van der Waals surface area contributed by atoms with Gasteiger partial charge in [-0.05, 0) is 48.4 Å². The summed E-state index contributed by atoms with van der Waals surface area (Å²) in [6.07, 6.45) is 0.962. The number of carbonyl (C=O) groups is 4. The molecule has 0 saturated carbocycles. The minimum absolute atomic E-state index is 0.0393. The molecule has 3 aliphatic heterocycles. The van der Waals surface area contributed by atoms with Crippen molar-refractivity contribution in [3.05, 3.63) is 29.8 Å². The number of fused-ring (bicyclic) bond motifs is 1. The Morgan fingerprint density at radius 2 is 1.67 bits per heavy atom. The fourth-order valence-corrected chi connectivity index (χ4v) is 5.79. The molecule has 3 aliphatic rings. The van der Waals surface area contributed by atoms with Crippen molar-refractivity contribution in [1.82, 2.24) is 20.4 Å². The Labute approximate surface area is 231 Å². The lowest BCUT2D eigenvalue weighted by Crippen LogP contribution is -2.54. The number of ketones is 1. The quantitative estimate of drug-likeness (QED) is 0.471. The second-order valence-corrected chi connectivity index (χ2v) is 12.5. The second-order valence-electron chi connectivity index (χ2n) is 12.5. The summed E-state index contributed by atoms with van der Waals surface area (Å²) in [5, 5.41) is 6.27. The van der Waals surface area contributed by atoms with E-state index >= 15 is 0 Å². The van der Waals surface area contributed by atoms with E-state index in [1.807, 2.05) is 46.8 Å². The molecule has 0 aliphatic carbocycles. The maximum Gasteiger partial charge on any atom is 0.251 e. The number of amides is 3. The molecule has 0 bridgehead atoms. The Balaban J connectivity index is 1.46. The maximum absolute atomic E-state index is 13.8. The molecular formula is C29H44N6O4. The third-order valence-corrected chi connectivity index (χ3v) is 8.11. The number of Topliss-reactive ketones (excluding diaryl/α,β-unsaturated/α-hetero) is 1. The number of nitrogens with zero attached hydrogens (tertiary/aromatic N) is 3. The Bertz CT molecular complexity index is 1080. The molecule has 3 saturated heterocycles. The lowest BCUT2D eigenvalue weighted by molar-refractivity contribution is -0.138. The predicted octanol–water partition coefficient (Wildman–Crippen LogP) is 0.995. The number of rotatable bonds is 7. The number of benzene rings is 1. The van der Waals surface area contributed by atoms with Crippen LogP contribution in [0.1, 0.15) is 57.8 Å². The SMILES string of the molecule is CC(C)CC(NC(=O)c1ccc(N2CCNCC2)cc1)C(=O)N1CCC2C1C(=O)CN2C(=O)C(N)C(C)(C)C. The first-order valence-corrected chi connectivity index (χ1v) is 14.1. The molecule has 4 rings (SSSR count). The molecule has 4 unspecified atom stereocenters. The Kier molecular flexibility index (Phi) is 8.66. The summed E-state index contributed by atoms with van der Waals surface area (Å²) in [6, 6.07) is 4.88. The van der Waals surface area contributed by atoms with E-state index in [-0.39, 0.29) is 42.0 Å². The van der Waals surface area contributed by atoms with Gasteiger partial charge >= 0.3 is 0 Å². The van der Waals surface area contributed by atoms with Gasteiger partial charge in [-0.2, -0.15) is 0 Å². The highest BCUT2D eigenvalue weighted by Crippen LogP contribution is 2.32. The summed E-state index contributed by atoms with van der Waals surface area (Å²) in [6.45, 7) is 13.7. The van der Waals surface area contributed by atoms with Crippen molar-refractivity contribution in [3.63, 3.8) is 0 Å². The lowest BCUT2D eigenvalue weighted by atomic mass is 9.86. The van der Waals surface area contributed by atoms with Crippen molar-refractivity contribution in [1.29, 1.82) is 0 Å². The molecule has 10 nitrogen and oxygen atoms in total. The molecule has 1 aromatic carbocycles. The van der Waals surface area contributed by atoms with Gasteiger partial charge in [0.15, 0.2) is 5.78 Å². The van der Waals surface area contributed by atoms with Crippen LogP contribution in [0.3, 0.4) is 0 Å². The first-order chi connectivity index (χ1) is 18.4. The van der Waals surface area contributed by atoms with Gasteiger partial charge in [-0.1, -0.05) is 34.6 Å². The molecular weight excluding hydrogens is 496 g/mol. The van der Waals surface area contributed by atoms with Gasteiger partial charge in [-0.25, -0.2) is 0 Å². The van der Waals surface area contributed by atoms with Crippen LogP contribution in [0.2, 0.25) is 0 Å². The molecule has 39 heavy (non-hydrogen) atoms. The Hall–Kier alpha value is -2.98. The van der Waals surface area contributed by atoms with Crippen molar-refractivity contribution in [2.24, 2.45) is 17.1 Å². The maximum atomic E-state index is 13.8. The summed E-state index contributed by atoms with van der Waals surface area (Å²) in [5.41, 5.74) is 7.33. The zero-order valence-electron chi connectivity index (χ0n) is 23.9. The topological polar surface area (TPSA) is 128 Å². The molecule has 4 N–H and O–H groups in total. The van der Waals surface area contributed by atoms with E-state index in [0.29, 0.717) is 24.9 Å². The number of hydrogen-bond donors (Lipinski definition) is 3. The van der Waals surface area contributed by atoms with E-state index in [2.05, 4.69) is 15.5 Å². The normalized spacial score (nSPS) is 23.2. The summed E-state index contributed by atoms with van der Waals surface area (Å²) < 4.78 is 0. The summed E-state index contributed by atoms with van der Waals surface area (Å²) >= 11 is 0. The number of anilines is 1. The third kappa shape index (κ3) is 6.27. The molecule has 0 spiro atoms. The van der Waals surface area contributed by atoms with Crippen LogP contribution in [0, 0.1) is 11.3 Å². The zero-order chi connectivity index (χ0) is 28.5. The Morgan fingerprint density at radius 3 is 2.26 bits per heavy atom. The van der Waals surface area contributed by atoms with Gasteiger partial charge < -0.3 is 31.1 Å². The van der Waals surface area contributed by atoms with Gasteiger partial charge in [0.2, 0.25) is 11.8 Å². The minimum atomic E-state index is -0.765. The van der Waals surface area contributed by atoms with Gasteiger partial charge in [0.25, 0.3) is 5.91 Å². The molecule has 0 aromatic heterocycles. The van der Waals surface area contributed by atoms with Crippen LogP contribution in [0.25, 0.3) is 0 Å². The summed E-state index contributed by atoms with van der Waals surface area (Å²) in [4.78, 5) is 58.6. The fraction of sp³-hybridized carbons (Fsp3) is 0.655. The van der Waals surface area contributed by atoms with E-state index < -0.39 is 23.5 Å². The standard InChI is InChI=1S/C29H44N6O4/c1-18(2)16-21(32-26(37)19-6-8-20(9-7-19)33-14-11-31-12-15-33)27(38)34-13-10-22-24(34)23(36)17-35(22)28(39)25(30)29(3,4)5/h6-9,18,21-22,24-25,31H,10-17,30H2,1-5H3,(H,32,37). The summed E-state index contributed by atoms with van der Waals surface area (Å²) in [5.74, 6) is -0.852. The molecule has 1 aromatic rings. The van der Waals surface area contributed by atoms with Crippen LogP contribution >= 0.6 is 0 Å². The van der Waals surface area contributed by atoms with Crippen LogP contribution in [0.4, 0.5) is 5.69 Å². The number of nitrogens with two attached hydrogens (primary N) is 1. The number of likely N-dealkylation sites (tertiary alicyclic amines) is 2. The third-order valence-electron chi connectivity index (χ3n) is 8.11. The highest BCUT2D eigenvalue weighted by atomic mass is 16.2. The van der Waals surface area contributed by atoms with Gasteiger partial charge in [0.1, 0.15) is 12.1 Å². The highest BCUT2D eigenvalue weighted by Gasteiger charge is 2.53. The van der Waals surface area contributed by atoms with Crippen LogP contribution < -0.4 is 21.3 Å². The average molecular weight is 541 g/mol. The summed E-state index contributed by atoms with van der Waals surface area (Å²) in [7, 11) is 0.